The van der Waals surface area contributed by atoms with Gasteiger partial charge in [-0.3, -0.25) is 9.59 Å². The van der Waals surface area contributed by atoms with Gasteiger partial charge in [0.05, 0.1) is 14.7 Å². The molecule has 0 saturated heterocycles. The van der Waals surface area contributed by atoms with E-state index in [1.54, 1.807) is 43.3 Å². The van der Waals surface area contributed by atoms with Crippen LogP contribution in [0.15, 0.2) is 106 Å². The highest BCUT2D eigenvalue weighted by atomic mass is 32.2. The summed E-state index contributed by atoms with van der Waals surface area (Å²) in [5.41, 5.74) is 3.25. The second kappa shape index (κ2) is 17.6. The lowest BCUT2D eigenvalue weighted by Gasteiger charge is -2.33. The summed E-state index contributed by atoms with van der Waals surface area (Å²) in [5, 5.41) is 4.31. The summed E-state index contributed by atoms with van der Waals surface area (Å²) >= 11 is 0. The average molecular weight is 767 g/mol. The van der Waals surface area contributed by atoms with E-state index in [-0.39, 0.29) is 45.4 Å². The van der Waals surface area contributed by atoms with Crippen molar-refractivity contribution in [3.8, 4) is 0 Å². The van der Waals surface area contributed by atoms with E-state index in [9.17, 15) is 35.2 Å². The lowest BCUT2D eigenvalue weighted by molar-refractivity contribution is -0.124. The van der Waals surface area contributed by atoms with Gasteiger partial charge in [0, 0.05) is 31.9 Å². The highest BCUT2D eigenvalue weighted by Crippen LogP contribution is 2.39. The quantitative estimate of drug-likeness (QED) is 0.180. The molecule has 0 radical (unpaired) electrons. The van der Waals surface area contributed by atoms with Crippen molar-refractivity contribution in [2.45, 2.75) is 83.8 Å². The number of hydrogen-bond acceptors (Lipinski definition) is 7. The van der Waals surface area contributed by atoms with Crippen molar-refractivity contribution in [1.82, 2.24) is 10.6 Å². The molecule has 3 atom stereocenters. The highest BCUT2D eigenvalue weighted by Gasteiger charge is 2.40. The number of nitrogens with one attached hydrogen (secondary N) is 2. The Morgan fingerprint density at radius 3 is 2.19 bits per heavy atom. The number of carbonyl (C=O) groups excluding carboxylic acids is 2. The predicted molar refractivity (Wildman–Crippen MR) is 197 cm³/mol. The van der Waals surface area contributed by atoms with E-state index >= 15 is 0 Å². The monoisotopic (exact) mass is 766 g/mol. The Bertz CT molecular complexity index is 2150. The molecular weight excluding hydrogens is 723 g/mol. The van der Waals surface area contributed by atoms with Crippen LogP contribution >= 0.6 is 0 Å². The third-order valence-corrected chi connectivity index (χ3v) is 13.5. The molecule has 4 aromatic carbocycles. The zero-order chi connectivity index (χ0) is 38.2. The molecule has 2 N–H and O–H groups in total. The molecule has 0 saturated carbocycles. The van der Waals surface area contributed by atoms with Crippen LogP contribution in [0, 0.1) is 11.6 Å². The van der Waals surface area contributed by atoms with Gasteiger partial charge in [0.25, 0.3) is 0 Å². The first-order chi connectivity index (χ1) is 25.4. The highest BCUT2D eigenvalue weighted by molar-refractivity contribution is 7.92. The summed E-state index contributed by atoms with van der Waals surface area (Å²) in [4.78, 5) is 23.9. The van der Waals surface area contributed by atoms with Crippen molar-refractivity contribution >= 4 is 31.5 Å². The summed E-state index contributed by atoms with van der Waals surface area (Å²) in [6.45, 7) is 2.17. The number of rotatable bonds is 11. The Hall–Kier alpha value is -4.46. The molecule has 3 unspecified atom stereocenters. The van der Waals surface area contributed by atoms with Crippen LogP contribution in [-0.2, 0) is 46.8 Å². The maximum absolute atomic E-state index is 14.6. The Balaban J connectivity index is 0.000000204. The lowest BCUT2D eigenvalue weighted by Crippen LogP contribution is -2.45. The first kappa shape index (κ1) is 39.7. The number of halogens is 2. The summed E-state index contributed by atoms with van der Waals surface area (Å²) in [6.07, 6.45) is 4.77. The molecule has 4 aromatic rings. The number of hydrogen-bond donors (Lipinski definition) is 2. The maximum atomic E-state index is 14.6. The van der Waals surface area contributed by atoms with E-state index in [0.29, 0.717) is 24.9 Å². The smallest absolute Gasteiger partial charge is 0.246 e. The average Bonchev–Trinajstić information content (AvgIpc) is 3.16. The normalized spacial score (nSPS) is 17.3. The second-order valence-electron chi connectivity index (χ2n) is 13.2. The van der Waals surface area contributed by atoms with E-state index in [1.165, 1.54) is 43.5 Å². The fourth-order valence-electron chi connectivity index (χ4n) is 7.05. The lowest BCUT2D eigenvalue weighted by atomic mass is 9.82. The molecule has 2 aliphatic rings. The van der Waals surface area contributed by atoms with Crippen LogP contribution < -0.4 is 10.6 Å². The predicted octanol–water partition coefficient (Wildman–Crippen LogP) is 6.41. The van der Waals surface area contributed by atoms with Crippen molar-refractivity contribution in [3.63, 3.8) is 0 Å². The number of ether oxygens (including phenoxy) is 1. The van der Waals surface area contributed by atoms with Gasteiger partial charge in [0.1, 0.15) is 23.6 Å². The number of aryl methyl sites for hydroxylation is 2. The first-order valence-electron chi connectivity index (χ1n) is 17.6. The van der Waals surface area contributed by atoms with Crippen LogP contribution in [-0.4, -0.2) is 54.3 Å². The number of methoxy groups -OCH3 is 1. The minimum atomic E-state index is -3.86. The summed E-state index contributed by atoms with van der Waals surface area (Å²) < 4.78 is 85.0. The zero-order valence-electron chi connectivity index (χ0n) is 29.7. The molecule has 0 spiro atoms. The van der Waals surface area contributed by atoms with Gasteiger partial charge in [-0.2, -0.15) is 0 Å². The molecule has 0 bridgehead atoms. The van der Waals surface area contributed by atoms with Crippen LogP contribution in [0.2, 0.25) is 0 Å². The molecule has 9 nitrogen and oxygen atoms in total. The van der Waals surface area contributed by atoms with E-state index in [4.69, 9.17) is 4.74 Å². The van der Waals surface area contributed by atoms with E-state index < -0.39 is 42.6 Å². The largest absolute Gasteiger partial charge is 0.375 e. The third kappa shape index (κ3) is 9.38. The SMILES string of the molecule is CCC(=O)NC(C1CCCc2cccc(F)c21)S(=O)(=O)c1ccccc1.COCC(=O)NCC1CCCc2cc(S(=O)(=O)c3cccc(F)c3)ccc21. The van der Waals surface area contributed by atoms with E-state index in [1.807, 2.05) is 12.1 Å². The maximum Gasteiger partial charge on any atom is 0.246 e. The zero-order valence-corrected chi connectivity index (χ0v) is 31.3. The van der Waals surface area contributed by atoms with Gasteiger partial charge in [-0.25, -0.2) is 25.6 Å². The molecule has 0 heterocycles. The molecule has 13 heteroatoms. The Morgan fingerprint density at radius 1 is 0.792 bits per heavy atom. The van der Waals surface area contributed by atoms with Gasteiger partial charge in [0.2, 0.25) is 21.7 Å². The molecule has 0 fully saturated rings. The summed E-state index contributed by atoms with van der Waals surface area (Å²) in [6, 6.07) is 22.9. The van der Waals surface area contributed by atoms with Crippen molar-refractivity contribution in [1.29, 1.82) is 0 Å². The fourth-order valence-corrected chi connectivity index (χ4v) is 10.2. The van der Waals surface area contributed by atoms with Crippen molar-refractivity contribution < 1.29 is 39.9 Å². The fraction of sp³-hybridized carbons (Fsp3) is 0.350. The van der Waals surface area contributed by atoms with Crippen LogP contribution in [0.4, 0.5) is 8.78 Å². The minimum Gasteiger partial charge on any atom is -0.375 e. The second-order valence-corrected chi connectivity index (χ2v) is 17.2. The standard InChI is InChI=1S/C20H22FNO4S.C20H22FNO3S/c1-26-13-20(23)22-12-15-5-2-4-14-10-18(8-9-19(14)15)27(24,25)17-7-3-6-16(21)11-17;1-2-18(23)22-20(26(24,25)15-10-4-3-5-11-15)16-12-6-8-14-9-7-13-17(21)19(14)16/h3,6-11,15H,2,4-5,12-13H2,1H3,(H,22,23);3-5,7,9-11,13,16,20H,2,6,8,12H2,1H3,(H,22,23). The Labute approximate surface area is 310 Å². The van der Waals surface area contributed by atoms with Gasteiger partial charge in [0.15, 0.2) is 9.84 Å². The molecule has 0 aliphatic heterocycles. The molecular formula is C40H44F2N2O7S2. The van der Waals surface area contributed by atoms with Crippen molar-refractivity contribution in [2.75, 3.05) is 20.3 Å². The molecule has 2 amide bonds. The van der Waals surface area contributed by atoms with E-state index in [0.717, 1.165) is 48.4 Å². The molecule has 6 rings (SSSR count). The third-order valence-electron chi connectivity index (χ3n) is 9.66. The Morgan fingerprint density at radius 2 is 1.47 bits per heavy atom. The summed E-state index contributed by atoms with van der Waals surface area (Å²) in [7, 11) is -6.17. The number of fused-ring (bicyclic) bond motifs is 2. The van der Waals surface area contributed by atoms with Gasteiger partial charge >= 0.3 is 0 Å². The summed E-state index contributed by atoms with van der Waals surface area (Å²) in [5.74, 6) is -2.00. The van der Waals surface area contributed by atoms with Gasteiger partial charge in [-0.1, -0.05) is 49.4 Å². The first-order valence-corrected chi connectivity index (χ1v) is 20.6. The minimum absolute atomic E-state index is 0.0182. The molecule has 2 aliphatic carbocycles. The van der Waals surface area contributed by atoms with Crippen LogP contribution in [0.3, 0.4) is 0 Å². The van der Waals surface area contributed by atoms with Crippen molar-refractivity contribution in [3.05, 3.63) is 125 Å². The number of carbonyl (C=O) groups is 2. The molecule has 0 aromatic heterocycles. The van der Waals surface area contributed by atoms with Gasteiger partial charge in [-0.05, 0) is 109 Å². The number of sulfone groups is 2. The van der Waals surface area contributed by atoms with Crippen molar-refractivity contribution in [2.24, 2.45) is 0 Å². The van der Waals surface area contributed by atoms with Crippen LogP contribution in [0.5, 0.6) is 0 Å². The van der Waals surface area contributed by atoms with Gasteiger partial charge < -0.3 is 15.4 Å². The molecule has 53 heavy (non-hydrogen) atoms. The Kier molecular flexibility index (Phi) is 13.2. The molecule has 282 valence electrons. The number of benzene rings is 4. The van der Waals surface area contributed by atoms with E-state index in [2.05, 4.69) is 10.6 Å². The number of amides is 2. The van der Waals surface area contributed by atoms with Crippen LogP contribution in [0.1, 0.15) is 73.1 Å². The van der Waals surface area contributed by atoms with Gasteiger partial charge in [-0.15, -0.1) is 0 Å². The van der Waals surface area contributed by atoms with Crippen LogP contribution in [0.25, 0.3) is 0 Å². The topological polar surface area (TPSA) is 136 Å².